The second-order valence-corrected chi connectivity index (χ2v) is 7.06. The van der Waals surface area contributed by atoms with Crippen LogP contribution in [0.1, 0.15) is 27.5 Å². The van der Waals surface area contributed by atoms with Crippen LogP contribution in [0.2, 0.25) is 5.02 Å². The van der Waals surface area contributed by atoms with Crippen molar-refractivity contribution in [3.8, 4) is 0 Å². The van der Waals surface area contributed by atoms with Crippen molar-refractivity contribution in [2.45, 2.75) is 13.0 Å². The number of nitrogens with zero attached hydrogens (tertiary/aromatic N) is 2. The summed E-state index contributed by atoms with van der Waals surface area (Å²) in [4.78, 5) is 29.1. The second kappa shape index (κ2) is 8.55. The lowest BCUT2D eigenvalue weighted by atomic mass is 10.0. The first-order valence-corrected chi connectivity index (χ1v) is 9.31. The zero-order valence-electron chi connectivity index (χ0n) is 15.5. The number of aryl methyl sites for hydroxylation is 1. The molecule has 0 aromatic heterocycles. The number of esters is 1. The van der Waals surface area contributed by atoms with Crippen LogP contribution in [0.25, 0.3) is 0 Å². The Morgan fingerprint density at radius 1 is 1.00 bits per heavy atom. The van der Waals surface area contributed by atoms with Gasteiger partial charge in [0.15, 0.2) is 0 Å². The smallest absolute Gasteiger partial charge is 0.327 e. The van der Waals surface area contributed by atoms with E-state index in [1.807, 2.05) is 48.2 Å². The molecular weight excluding hydrogens is 364 g/mol. The van der Waals surface area contributed by atoms with Gasteiger partial charge in [-0.05, 0) is 36.2 Å². The molecule has 142 valence electrons. The normalized spacial score (nSPS) is 16.0. The van der Waals surface area contributed by atoms with Crippen LogP contribution in [-0.2, 0) is 9.53 Å². The average molecular weight is 387 g/mol. The molecule has 2 aromatic carbocycles. The van der Waals surface area contributed by atoms with Crippen LogP contribution in [0.5, 0.6) is 0 Å². The summed E-state index contributed by atoms with van der Waals surface area (Å²) < 4.78 is 5.02. The predicted molar refractivity (Wildman–Crippen MR) is 105 cm³/mol. The van der Waals surface area contributed by atoms with E-state index in [1.54, 1.807) is 12.1 Å². The van der Waals surface area contributed by atoms with Crippen LogP contribution in [0, 0.1) is 6.92 Å². The van der Waals surface area contributed by atoms with Crippen LogP contribution in [0.4, 0.5) is 0 Å². The van der Waals surface area contributed by atoms with Crippen LogP contribution >= 0.6 is 11.6 Å². The molecule has 6 heteroatoms. The van der Waals surface area contributed by atoms with E-state index in [9.17, 15) is 9.59 Å². The van der Waals surface area contributed by atoms with Gasteiger partial charge in [0.05, 0.1) is 7.11 Å². The minimum atomic E-state index is -0.497. The summed E-state index contributed by atoms with van der Waals surface area (Å²) in [7, 11) is 1.39. The maximum atomic E-state index is 12.8. The molecule has 1 saturated heterocycles. The van der Waals surface area contributed by atoms with Crippen LogP contribution in [0.3, 0.4) is 0 Å². The fourth-order valence-electron chi connectivity index (χ4n) is 3.42. The number of rotatable bonds is 4. The van der Waals surface area contributed by atoms with Gasteiger partial charge in [0.1, 0.15) is 6.04 Å². The highest BCUT2D eigenvalue weighted by Crippen LogP contribution is 2.25. The van der Waals surface area contributed by atoms with E-state index in [4.69, 9.17) is 16.3 Å². The molecule has 1 aliphatic heterocycles. The number of benzene rings is 2. The van der Waals surface area contributed by atoms with Gasteiger partial charge in [-0.25, -0.2) is 4.79 Å². The number of carbonyl (C=O) groups excluding carboxylic acids is 2. The van der Waals surface area contributed by atoms with Crippen molar-refractivity contribution in [2.24, 2.45) is 0 Å². The Balaban J connectivity index is 1.72. The third-order valence-corrected chi connectivity index (χ3v) is 5.20. The van der Waals surface area contributed by atoms with E-state index < -0.39 is 6.04 Å². The van der Waals surface area contributed by atoms with Gasteiger partial charge in [-0.1, -0.05) is 41.9 Å². The summed E-state index contributed by atoms with van der Waals surface area (Å²) in [5.74, 6) is -0.273. The first-order chi connectivity index (χ1) is 13.0. The van der Waals surface area contributed by atoms with Crippen LogP contribution < -0.4 is 0 Å². The van der Waals surface area contributed by atoms with E-state index in [0.29, 0.717) is 31.2 Å². The highest BCUT2D eigenvalue weighted by Gasteiger charge is 2.32. The van der Waals surface area contributed by atoms with Crippen molar-refractivity contribution in [1.82, 2.24) is 9.80 Å². The Kier molecular flexibility index (Phi) is 6.14. The van der Waals surface area contributed by atoms with Crippen molar-refractivity contribution in [2.75, 3.05) is 33.3 Å². The molecule has 0 saturated carbocycles. The molecule has 0 bridgehead atoms. The topological polar surface area (TPSA) is 49.9 Å². The summed E-state index contributed by atoms with van der Waals surface area (Å²) in [6.45, 7) is 4.26. The molecule has 1 heterocycles. The second-order valence-electron chi connectivity index (χ2n) is 6.62. The number of piperazine rings is 1. The summed E-state index contributed by atoms with van der Waals surface area (Å²) >= 11 is 5.97. The van der Waals surface area contributed by atoms with E-state index in [0.717, 1.165) is 16.7 Å². The molecule has 27 heavy (non-hydrogen) atoms. The van der Waals surface area contributed by atoms with Crippen LogP contribution in [-0.4, -0.2) is 55.0 Å². The molecule has 3 rings (SSSR count). The van der Waals surface area contributed by atoms with Gasteiger partial charge in [-0.15, -0.1) is 0 Å². The number of hydrogen-bond acceptors (Lipinski definition) is 4. The largest absolute Gasteiger partial charge is 0.468 e. The van der Waals surface area contributed by atoms with Crippen molar-refractivity contribution in [3.05, 3.63) is 70.2 Å². The van der Waals surface area contributed by atoms with E-state index in [-0.39, 0.29) is 11.9 Å². The van der Waals surface area contributed by atoms with E-state index in [2.05, 4.69) is 4.90 Å². The predicted octanol–water partition coefficient (Wildman–Crippen LogP) is 3.32. The van der Waals surface area contributed by atoms with Gasteiger partial charge in [0.2, 0.25) is 0 Å². The molecule has 1 amide bonds. The number of amides is 1. The van der Waals surface area contributed by atoms with Crippen molar-refractivity contribution in [3.63, 3.8) is 0 Å². The number of halogens is 1. The molecule has 1 fully saturated rings. The molecule has 0 spiro atoms. The highest BCUT2D eigenvalue weighted by atomic mass is 35.5. The lowest BCUT2D eigenvalue weighted by molar-refractivity contribution is -0.148. The Morgan fingerprint density at radius 2 is 1.63 bits per heavy atom. The maximum absolute atomic E-state index is 12.8. The fourth-order valence-corrected chi connectivity index (χ4v) is 3.55. The Labute approximate surface area is 164 Å². The molecule has 1 aliphatic rings. The monoisotopic (exact) mass is 386 g/mol. The van der Waals surface area contributed by atoms with Gasteiger partial charge in [0, 0.05) is 36.8 Å². The summed E-state index contributed by atoms with van der Waals surface area (Å²) in [5.41, 5.74) is 2.54. The number of carbonyl (C=O) groups is 2. The Bertz CT molecular complexity index is 814. The molecule has 1 atom stereocenters. The van der Waals surface area contributed by atoms with Gasteiger partial charge >= 0.3 is 5.97 Å². The molecule has 1 unspecified atom stereocenters. The summed E-state index contributed by atoms with van der Waals surface area (Å²) in [6.07, 6.45) is 0. The molecule has 0 radical (unpaired) electrons. The van der Waals surface area contributed by atoms with Gasteiger partial charge in [0.25, 0.3) is 5.91 Å². The summed E-state index contributed by atoms with van der Waals surface area (Å²) in [6, 6.07) is 14.3. The molecule has 0 aliphatic carbocycles. The van der Waals surface area contributed by atoms with Gasteiger partial charge < -0.3 is 9.64 Å². The lowest BCUT2D eigenvalue weighted by Gasteiger charge is -2.38. The molecule has 5 nitrogen and oxygen atoms in total. The van der Waals surface area contributed by atoms with Crippen molar-refractivity contribution >= 4 is 23.5 Å². The first kappa shape index (κ1) is 19.4. The van der Waals surface area contributed by atoms with Crippen LogP contribution in [0.15, 0.2) is 48.5 Å². The average Bonchev–Trinajstić information content (AvgIpc) is 2.70. The minimum absolute atomic E-state index is 0.0360. The zero-order valence-corrected chi connectivity index (χ0v) is 16.3. The first-order valence-electron chi connectivity index (χ1n) is 8.93. The van der Waals surface area contributed by atoms with Crippen molar-refractivity contribution in [1.29, 1.82) is 0 Å². The third-order valence-electron chi connectivity index (χ3n) is 4.95. The molecule has 2 aromatic rings. The van der Waals surface area contributed by atoms with Gasteiger partial charge in [-0.2, -0.15) is 0 Å². The number of ether oxygens (including phenoxy) is 1. The molecular formula is C21H23ClN2O3. The minimum Gasteiger partial charge on any atom is -0.468 e. The maximum Gasteiger partial charge on any atom is 0.327 e. The third kappa shape index (κ3) is 4.31. The Hall–Kier alpha value is -2.37. The number of methoxy groups -OCH3 is 1. The quantitative estimate of drug-likeness (QED) is 0.756. The van der Waals surface area contributed by atoms with E-state index >= 15 is 0 Å². The fraction of sp³-hybridized carbons (Fsp3) is 0.333. The highest BCUT2D eigenvalue weighted by molar-refractivity contribution is 6.30. The number of hydrogen-bond donors (Lipinski definition) is 0. The van der Waals surface area contributed by atoms with Gasteiger partial charge in [-0.3, -0.25) is 9.69 Å². The lowest BCUT2D eigenvalue weighted by Crippen LogP contribution is -2.51. The SMILES string of the molecule is COC(=O)C(c1ccc(Cl)cc1)N1CCN(C(=O)c2ccccc2C)CC1. The van der Waals surface area contributed by atoms with Crippen molar-refractivity contribution < 1.29 is 14.3 Å². The standard InChI is InChI=1S/C21H23ClN2O3/c1-15-5-3-4-6-18(15)20(25)24-13-11-23(12-14-24)19(21(26)27-2)16-7-9-17(22)10-8-16/h3-10,19H,11-14H2,1-2H3. The molecule has 0 N–H and O–H groups in total. The Morgan fingerprint density at radius 3 is 2.22 bits per heavy atom. The summed E-state index contributed by atoms with van der Waals surface area (Å²) in [5, 5.41) is 0.621. The zero-order chi connectivity index (χ0) is 19.4. The van der Waals surface area contributed by atoms with E-state index in [1.165, 1.54) is 7.11 Å².